The maximum atomic E-state index is 3.37. The van der Waals surface area contributed by atoms with Gasteiger partial charge in [0.1, 0.15) is 0 Å². The summed E-state index contributed by atoms with van der Waals surface area (Å²) in [6, 6.07) is 8.80. The van der Waals surface area contributed by atoms with Crippen molar-refractivity contribution in [2.75, 3.05) is 26.0 Å². The Morgan fingerprint density at radius 3 is 2.00 bits per heavy atom. The average molecular weight is 220 g/mol. The number of nitrogens with zero attached hydrogens (tertiary/aromatic N) is 1. The van der Waals surface area contributed by atoms with Crippen LogP contribution < -0.4 is 10.2 Å². The molecule has 0 radical (unpaired) electrons. The summed E-state index contributed by atoms with van der Waals surface area (Å²) < 4.78 is 0. The Labute approximate surface area is 99.7 Å². The van der Waals surface area contributed by atoms with Crippen LogP contribution in [0.25, 0.3) is 0 Å². The molecule has 1 aromatic carbocycles. The zero-order chi connectivity index (χ0) is 12.3. The van der Waals surface area contributed by atoms with E-state index in [9.17, 15) is 0 Å². The van der Waals surface area contributed by atoms with Crippen LogP contribution in [0.1, 0.15) is 32.3 Å². The van der Waals surface area contributed by atoms with Gasteiger partial charge in [0.25, 0.3) is 0 Å². The lowest BCUT2D eigenvalue weighted by Gasteiger charge is -2.32. The number of nitrogens with one attached hydrogen (secondary N) is 1. The monoisotopic (exact) mass is 220 g/mol. The van der Waals surface area contributed by atoms with Crippen molar-refractivity contribution in [2.24, 2.45) is 0 Å². The summed E-state index contributed by atoms with van der Waals surface area (Å²) in [7, 11) is 6.15. The van der Waals surface area contributed by atoms with Crippen LogP contribution in [0.5, 0.6) is 0 Å². The van der Waals surface area contributed by atoms with Crippen molar-refractivity contribution in [3.8, 4) is 0 Å². The minimum Gasteiger partial charge on any atom is -0.378 e. The third-order valence-corrected chi connectivity index (χ3v) is 3.64. The second kappa shape index (κ2) is 4.88. The first-order valence-corrected chi connectivity index (χ1v) is 5.84. The molecule has 0 amide bonds. The molecule has 0 saturated carbocycles. The molecule has 0 fully saturated rings. The topological polar surface area (TPSA) is 15.3 Å². The van der Waals surface area contributed by atoms with E-state index in [1.165, 1.54) is 11.3 Å². The van der Waals surface area contributed by atoms with E-state index < -0.39 is 0 Å². The highest BCUT2D eigenvalue weighted by Crippen LogP contribution is 2.28. The van der Waals surface area contributed by atoms with E-state index in [0.29, 0.717) is 5.92 Å². The molecule has 0 aliphatic heterocycles. The second-order valence-corrected chi connectivity index (χ2v) is 5.18. The fourth-order valence-corrected chi connectivity index (χ4v) is 1.69. The van der Waals surface area contributed by atoms with Crippen LogP contribution in [0, 0.1) is 0 Å². The van der Waals surface area contributed by atoms with E-state index in [2.05, 4.69) is 69.3 Å². The average Bonchev–Trinajstić information content (AvgIpc) is 2.28. The Bertz CT molecular complexity index is 325. The number of hydrogen-bond donors (Lipinski definition) is 1. The molecule has 1 rings (SSSR count). The Kier molecular flexibility index (Phi) is 3.98. The number of anilines is 1. The quantitative estimate of drug-likeness (QED) is 0.839. The van der Waals surface area contributed by atoms with Crippen LogP contribution >= 0.6 is 0 Å². The third-order valence-electron chi connectivity index (χ3n) is 3.64. The van der Waals surface area contributed by atoms with E-state index in [1.54, 1.807) is 0 Å². The molecule has 0 saturated heterocycles. The molecular formula is C14H24N2. The fraction of sp³-hybridized carbons (Fsp3) is 0.571. The van der Waals surface area contributed by atoms with E-state index in [0.717, 1.165) is 0 Å². The molecule has 0 heterocycles. The molecular weight excluding hydrogens is 196 g/mol. The molecule has 1 aromatic rings. The van der Waals surface area contributed by atoms with Gasteiger partial charge in [0.15, 0.2) is 0 Å². The van der Waals surface area contributed by atoms with Crippen molar-refractivity contribution in [1.29, 1.82) is 0 Å². The van der Waals surface area contributed by atoms with Crippen LogP contribution in [-0.4, -0.2) is 26.7 Å². The minimum absolute atomic E-state index is 0.125. The summed E-state index contributed by atoms with van der Waals surface area (Å²) in [5.41, 5.74) is 2.75. The van der Waals surface area contributed by atoms with Gasteiger partial charge in [-0.1, -0.05) is 19.1 Å². The number of rotatable bonds is 4. The van der Waals surface area contributed by atoms with Crippen molar-refractivity contribution in [3.05, 3.63) is 29.8 Å². The first-order valence-electron chi connectivity index (χ1n) is 5.84. The van der Waals surface area contributed by atoms with Gasteiger partial charge in [0, 0.05) is 25.3 Å². The predicted octanol–water partition coefficient (Wildman–Crippen LogP) is 2.85. The normalized spacial score (nSPS) is 13.6. The zero-order valence-corrected chi connectivity index (χ0v) is 11.3. The first kappa shape index (κ1) is 13.0. The summed E-state index contributed by atoms with van der Waals surface area (Å²) in [4.78, 5) is 2.12. The molecule has 2 nitrogen and oxygen atoms in total. The van der Waals surface area contributed by atoms with Crippen LogP contribution in [0.3, 0.4) is 0 Å². The maximum absolute atomic E-state index is 3.37. The molecule has 0 spiro atoms. The van der Waals surface area contributed by atoms with E-state index in [4.69, 9.17) is 0 Å². The van der Waals surface area contributed by atoms with Gasteiger partial charge < -0.3 is 10.2 Å². The van der Waals surface area contributed by atoms with Gasteiger partial charge in [0.2, 0.25) is 0 Å². The van der Waals surface area contributed by atoms with Gasteiger partial charge in [-0.05, 0) is 44.5 Å². The maximum Gasteiger partial charge on any atom is 0.0361 e. The SMILES string of the molecule is CNC(C)(C)C(C)c1ccc(N(C)C)cc1. The van der Waals surface area contributed by atoms with Crippen LogP contribution in [0.15, 0.2) is 24.3 Å². The van der Waals surface area contributed by atoms with Gasteiger partial charge in [-0.15, -0.1) is 0 Å². The number of benzene rings is 1. The van der Waals surface area contributed by atoms with Gasteiger partial charge >= 0.3 is 0 Å². The highest BCUT2D eigenvalue weighted by atomic mass is 15.1. The zero-order valence-electron chi connectivity index (χ0n) is 11.3. The van der Waals surface area contributed by atoms with E-state index in [-0.39, 0.29) is 5.54 Å². The largest absolute Gasteiger partial charge is 0.378 e. The molecule has 1 atom stereocenters. The smallest absolute Gasteiger partial charge is 0.0361 e. The van der Waals surface area contributed by atoms with Gasteiger partial charge in [-0.2, -0.15) is 0 Å². The Morgan fingerprint density at radius 2 is 1.62 bits per heavy atom. The summed E-state index contributed by atoms with van der Waals surface area (Å²) in [5, 5.41) is 3.37. The minimum atomic E-state index is 0.125. The molecule has 16 heavy (non-hydrogen) atoms. The second-order valence-electron chi connectivity index (χ2n) is 5.18. The first-order chi connectivity index (χ1) is 7.38. The van der Waals surface area contributed by atoms with Crippen LogP contribution in [0.2, 0.25) is 0 Å². The molecule has 90 valence electrons. The molecule has 0 aliphatic rings. The molecule has 0 aliphatic carbocycles. The van der Waals surface area contributed by atoms with Gasteiger partial charge in [-0.25, -0.2) is 0 Å². The lowest BCUT2D eigenvalue weighted by atomic mass is 9.83. The predicted molar refractivity (Wildman–Crippen MR) is 72.3 cm³/mol. The van der Waals surface area contributed by atoms with E-state index in [1.807, 2.05) is 7.05 Å². The number of likely N-dealkylation sites (N-methyl/N-ethyl adjacent to an activating group) is 1. The van der Waals surface area contributed by atoms with Crippen LogP contribution in [0.4, 0.5) is 5.69 Å². The van der Waals surface area contributed by atoms with Crippen molar-refractivity contribution >= 4 is 5.69 Å². The summed E-state index contributed by atoms with van der Waals surface area (Å²) in [6.07, 6.45) is 0. The molecule has 2 heteroatoms. The lowest BCUT2D eigenvalue weighted by molar-refractivity contribution is 0.360. The van der Waals surface area contributed by atoms with Crippen molar-refractivity contribution in [2.45, 2.75) is 32.2 Å². The third kappa shape index (κ3) is 2.76. The Morgan fingerprint density at radius 1 is 1.12 bits per heavy atom. The standard InChI is InChI=1S/C14H24N2/c1-11(14(2,3)15-4)12-7-9-13(10-8-12)16(5)6/h7-11,15H,1-6H3. The highest BCUT2D eigenvalue weighted by molar-refractivity contribution is 5.46. The highest BCUT2D eigenvalue weighted by Gasteiger charge is 2.24. The van der Waals surface area contributed by atoms with Gasteiger partial charge in [-0.3, -0.25) is 0 Å². The van der Waals surface area contributed by atoms with Crippen molar-refractivity contribution in [3.63, 3.8) is 0 Å². The number of hydrogen-bond acceptors (Lipinski definition) is 2. The Hall–Kier alpha value is -1.02. The molecule has 1 unspecified atom stereocenters. The van der Waals surface area contributed by atoms with Gasteiger partial charge in [0.05, 0.1) is 0 Å². The summed E-state index contributed by atoms with van der Waals surface area (Å²) in [6.45, 7) is 6.73. The van der Waals surface area contributed by atoms with Crippen LogP contribution in [-0.2, 0) is 0 Å². The molecule has 0 aromatic heterocycles. The summed E-state index contributed by atoms with van der Waals surface area (Å²) >= 11 is 0. The summed E-state index contributed by atoms with van der Waals surface area (Å²) in [5.74, 6) is 0.494. The molecule has 0 bridgehead atoms. The molecule has 1 N–H and O–H groups in total. The fourth-order valence-electron chi connectivity index (χ4n) is 1.69. The lowest BCUT2D eigenvalue weighted by Crippen LogP contribution is -2.41. The van der Waals surface area contributed by atoms with E-state index >= 15 is 0 Å². The van der Waals surface area contributed by atoms with Crippen molar-refractivity contribution < 1.29 is 0 Å². The Balaban J connectivity index is 2.90. The van der Waals surface area contributed by atoms with Crippen molar-refractivity contribution in [1.82, 2.24) is 5.32 Å².